The van der Waals surface area contributed by atoms with Crippen molar-refractivity contribution in [2.45, 2.75) is 38.8 Å². The molecule has 1 unspecified atom stereocenters. The summed E-state index contributed by atoms with van der Waals surface area (Å²) in [4.78, 5) is 2.47. The number of unbranched alkanes of at least 4 members (excludes halogenated alkanes) is 1. The van der Waals surface area contributed by atoms with E-state index in [9.17, 15) is 0 Å². The summed E-state index contributed by atoms with van der Waals surface area (Å²) < 4.78 is 5.68. The maximum absolute atomic E-state index is 5.92. The van der Waals surface area contributed by atoms with Crippen molar-refractivity contribution in [1.29, 1.82) is 0 Å². The van der Waals surface area contributed by atoms with Crippen LogP contribution in [0.5, 0.6) is 0 Å². The van der Waals surface area contributed by atoms with Crippen LogP contribution < -0.4 is 5.73 Å². The average Bonchev–Trinajstić information content (AvgIpc) is 2.46. The summed E-state index contributed by atoms with van der Waals surface area (Å²) in [5, 5.41) is 0. The third kappa shape index (κ3) is 4.03. The second-order valence-corrected chi connectivity index (χ2v) is 5.30. The Hall–Kier alpha value is -0.900. The number of nitrogens with zero attached hydrogens (tertiary/aromatic N) is 1. The number of nitrogens with two attached hydrogens (primary N) is 1. The first-order valence-electron chi connectivity index (χ1n) is 7.43. The van der Waals surface area contributed by atoms with Crippen molar-refractivity contribution in [2.24, 2.45) is 5.73 Å². The minimum absolute atomic E-state index is 0.463. The molecule has 0 aromatic heterocycles. The number of hydrogen-bond acceptors (Lipinski definition) is 3. The van der Waals surface area contributed by atoms with Crippen molar-refractivity contribution in [1.82, 2.24) is 4.90 Å². The van der Waals surface area contributed by atoms with Crippen molar-refractivity contribution in [3.8, 4) is 0 Å². The van der Waals surface area contributed by atoms with E-state index < -0.39 is 0 Å². The molecule has 2 N–H and O–H groups in total. The second-order valence-electron chi connectivity index (χ2n) is 5.30. The molecule has 1 aliphatic heterocycles. The van der Waals surface area contributed by atoms with Gasteiger partial charge in [-0.2, -0.15) is 0 Å². The molecule has 0 radical (unpaired) electrons. The van der Waals surface area contributed by atoms with Crippen LogP contribution in [0.25, 0.3) is 0 Å². The molecule has 0 aliphatic carbocycles. The van der Waals surface area contributed by atoms with Crippen LogP contribution in [0.4, 0.5) is 0 Å². The number of ether oxygens (including phenoxy) is 1. The molecule has 1 aromatic carbocycles. The van der Waals surface area contributed by atoms with E-state index in [1.807, 2.05) is 0 Å². The van der Waals surface area contributed by atoms with E-state index in [0.29, 0.717) is 6.04 Å². The Labute approximate surface area is 116 Å². The molecule has 3 nitrogen and oxygen atoms in total. The van der Waals surface area contributed by atoms with Crippen LogP contribution in [0.3, 0.4) is 0 Å². The van der Waals surface area contributed by atoms with Crippen LogP contribution in [0, 0.1) is 0 Å². The van der Waals surface area contributed by atoms with Crippen LogP contribution in [0.2, 0.25) is 0 Å². The van der Waals surface area contributed by atoms with E-state index in [1.54, 1.807) is 0 Å². The third-order valence-electron chi connectivity index (χ3n) is 3.90. The van der Waals surface area contributed by atoms with Crippen LogP contribution in [-0.4, -0.2) is 37.2 Å². The van der Waals surface area contributed by atoms with Crippen molar-refractivity contribution in [2.75, 3.05) is 26.3 Å². The molecule has 1 aliphatic rings. The van der Waals surface area contributed by atoms with Crippen molar-refractivity contribution >= 4 is 0 Å². The lowest BCUT2D eigenvalue weighted by molar-refractivity contribution is 0.0783. The number of hydrogen-bond donors (Lipinski definition) is 1. The first-order chi connectivity index (χ1) is 9.35. The van der Waals surface area contributed by atoms with Crippen LogP contribution in [0.15, 0.2) is 24.3 Å². The van der Waals surface area contributed by atoms with Gasteiger partial charge >= 0.3 is 0 Å². The third-order valence-corrected chi connectivity index (χ3v) is 3.90. The fourth-order valence-electron chi connectivity index (χ4n) is 2.67. The highest BCUT2D eigenvalue weighted by Gasteiger charge is 2.24. The zero-order chi connectivity index (χ0) is 13.5. The number of benzene rings is 1. The fourth-order valence-corrected chi connectivity index (χ4v) is 2.67. The monoisotopic (exact) mass is 262 g/mol. The second kappa shape index (κ2) is 7.63. The SMILES string of the molecule is CCCCOCCN1Cc2ccccc2CC1CN. The minimum atomic E-state index is 0.463. The van der Waals surface area contributed by atoms with Crippen LogP contribution in [-0.2, 0) is 17.7 Å². The van der Waals surface area contributed by atoms with Gasteiger partial charge in [-0.15, -0.1) is 0 Å². The molecule has 0 amide bonds. The van der Waals surface area contributed by atoms with Gasteiger partial charge in [-0.05, 0) is 24.0 Å². The summed E-state index contributed by atoms with van der Waals surface area (Å²) in [6.07, 6.45) is 3.42. The summed E-state index contributed by atoms with van der Waals surface area (Å²) in [5.41, 5.74) is 8.82. The maximum atomic E-state index is 5.92. The lowest BCUT2D eigenvalue weighted by Gasteiger charge is -2.36. The quantitative estimate of drug-likeness (QED) is 0.766. The van der Waals surface area contributed by atoms with Gasteiger partial charge in [0, 0.05) is 32.3 Å². The van der Waals surface area contributed by atoms with Crippen molar-refractivity contribution in [3.63, 3.8) is 0 Å². The molecule has 0 spiro atoms. The summed E-state index contributed by atoms with van der Waals surface area (Å²) in [5.74, 6) is 0. The molecule has 0 bridgehead atoms. The number of fused-ring (bicyclic) bond motifs is 1. The standard InChI is InChI=1S/C16H26N2O/c1-2-3-9-19-10-8-18-13-15-7-5-4-6-14(15)11-16(18)12-17/h4-7,16H,2-3,8-13,17H2,1H3. The Morgan fingerprint density at radius 2 is 2.05 bits per heavy atom. The topological polar surface area (TPSA) is 38.5 Å². The van der Waals surface area contributed by atoms with Gasteiger partial charge in [-0.1, -0.05) is 37.6 Å². The van der Waals surface area contributed by atoms with Gasteiger partial charge in [0.05, 0.1) is 6.61 Å². The Bertz CT molecular complexity index is 381. The van der Waals surface area contributed by atoms with Gasteiger partial charge in [0.25, 0.3) is 0 Å². The predicted octanol–water partition coefficient (Wildman–Crippen LogP) is 2.19. The summed E-state index contributed by atoms with van der Waals surface area (Å²) in [6, 6.07) is 9.16. The highest BCUT2D eigenvalue weighted by atomic mass is 16.5. The molecule has 3 heteroatoms. The fraction of sp³-hybridized carbons (Fsp3) is 0.625. The van der Waals surface area contributed by atoms with E-state index >= 15 is 0 Å². The lowest BCUT2D eigenvalue weighted by atomic mass is 9.94. The molecular weight excluding hydrogens is 236 g/mol. The summed E-state index contributed by atoms with van der Waals surface area (Å²) >= 11 is 0. The lowest BCUT2D eigenvalue weighted by Crippen LogP contribution is -2.46. The van der Waals surface area contributed by atoms with E-state index in [1.165, 1.54) is 17.5 Å². The molecule has 2 rings (SSSR count). The minimum Gasteiger partial charge on any atom is -0.380 e. The Kier molecular flexibility index (Phi) is 5.83. The summed E-state index contributed by atoms with van der Waals surface area (Å²) in [7, 11) is 0. The Morgan fingerprint density at radius 3 is 2.79 bits per heavy atom. The smallest absolute Gasteiger partial charge is 0.0593 e. The van der Waals surface area contributed by atoms with E-state index in [2.05, 4.69) is 36.1 Å². The van der Waals surface area contributed by atoms with E-state index in [-0.39, 0.29) is 0 Å². The van der Waals surface area contributed by atoms with Gasteiger partial charge < -0.3 is 10.5 Å². The first-order valence-corrected chi connectivity index (χ1v) is 7.43. The van der Waals surface area contributed by atoms with Gasteiger partial charge in [0.15, 0.2) is 0 Å². The molecule has 1 heterocycles. The predicted molar refractivity (Wildman–Crippen MR) is 79.1 cm³/mol. The zero-order valence-electron chi connectivity index (χ0n) is 12.0. The van der Waals surface area contributed by atoms with Gasteiger partial charge in [-0.25, -0.2) is 0 Å². The molecular formula is C16H26N2O. The maximum Gasteiger partial charge on any atom is 0.0593 e. The van der Waals surface area contributed by atoms with Gasteiger partial charge in [-0.3, -0.25) is 4.90 Å². The zero-order valence-corrected chi connectivity index (χ0v) is 12.0. The molecule has 0 saturated heterocycles. The molecule has 106 valence electrons. The van der Waals surface area contributed by atoms with Gasteiger partial charge in [0.2, 0.25) is 0 Å². The Balaban J connectivity index is 1.86. The molecule has 1 aromatic rings. The molecule has 0 fully saturated rings. The first kappa shape index (κ1) is 14.5. The normalized spacial score (nSPS) is 19.4. The van der Waals surface area contributed by atoms with E-state index in [0.717, 1.165) is 45.7 Å². The van der Waals surface area contributed by atoms with Crippen LogP contribution in [0.1, 0.15) is 30.9 Å². The highest BCUT2D eigenvalue weighted by Crippen LogP contribution is 2.22. The molecule has 0 saturated carbocycles. The number of rotatable bonds is 7. The largest absolute Gasteiger partial charge is 0.380 e. The van der Waals surface area contributed by atoms with Gasteiger partial charge in [0.1, 0.15) is 0 Å². The summed E-state index contributed by atoms with van der Waals surface area (Å²) in [6.45, 7) is 6.61. The van der Waals surface area contributed by atoms with E-state index in [4.69, 9.17) is 10.5 Å². The molecule has 1 atom stereocenters. The van der Waals surface area contributed by atoms with Crippen LogP contribution >= 0.6 is 0 Å². The van der Waals surface area contributed by atoms with Crippen molar-refractivity contribution < 1.29 is 4.74 Å². The Morgan fingerprint density at radius 1 is 1.26 bits per heavy atom. The highest BCUT2D eigenvalue weighted by molar-refractivity contribution is 5.30. The average molecular weight is 262 g/mol. The van der Waals surface area contributed by atoms with Crippen molar-refractivity contribution in [3.05, 3.63) is 35.4 Å². The molecule has 19 heavy (non-hydrogen) atoms.